The summed E-state index contributed by atoms with van der Waals surface area (Å²) in [5.74, 6) is -0.221. The SMILES string of the molecule is Cc1nc(OCC(=O)CC2CCN(C(=O)c3ccc(F)cc3)CC2)nc(C)c1C. The third-order valence-electron chi connectivity index (χ3n) is 5.48. The van der Waals surface area contributed by atoms with Crippen molar-refractivity contribution >= 4 is 11.7 Å². The van der Waals surface area contributed by atoms with E-state index in [2.05, 4.69) is 9.97 Å². The molecule has 1 aromatic heterocycles. The highest BCUT2D eigenvalue weighted by Gasteiger charge is 2.25. The minimum absolute atomic E-state index is 0.00722. The molecule has 6 nitrogen and oxygen atoms in total. The Balaban J connectivity index is 1.45. The second kappa shape index (κ2) is 9.11. The number of likely N-dealkylation sites (tertiary alicyclic amines) is 1. The van der Waals surface area contributed by atoms with Crippen LogP contribution in [0.5, 0.6) is 6.01 Å². The van der Waals surface area contributed by atoms with Crippen molar-refractivity contribution in [3.05, 3.63) is 52.6 Å². The molecule has 1 saturated heterocycles. The van der Waals surface area contributed by atoms with Crippen LogP contribution >= 0.6 is 0 Å². The number of piperidine rings is 1. The lowest BCUT2D eigenvalue weighted by atomic mass is 9.91. The molecule has 0 aliphatic carbocycles. The summed E-state index contributed by atoms with van der Waals surface area (Å²) >= 11 is 0. The van der Waals surface area contributed by atoms with Crippen LogP contribution in [0, 0.1) is 32.5 Å². The zero-order valence-electron chi connectivity index (χ0n) is 17.1. The Kier molecular flexibility index (Phi) is 6.56. The fraction of sp³-hybridized carbons (Fsp3) is 0.455. The van der Waals surface area contributed by atoms with E-state index in [4.69, 9.17) is 4.74 Å². The molecule has 0 saturated carbocycles. The molecule has 2 aromatic rings. The minimum Gasteiger partial charge on any atom is -0.455 e. The van der Waals surface area contributed by atoms with Crippen LogP contribution in [0.2, 0.25) is 0 Å². The maximum atomic E-state index is 13.0. The van der Waals surface area contributed by atoms with Gasteiger partial charge in [-0.15, -0.1) is 0 Å². The van der Waals surface area contributed by atoms with Gasteiger partial charge >= 0.3 is 6.01 Å². The average Bonchev–Trinajstić information content (AvgIpc) is 2.71. The number of aromatic nitrogens is 2. The van der Waals surface area contributed by atoms with E-state index in [0.29, 0.717) is 25.1 Å². The first kappa shape index (κ1) is 20.9. The molecule has 0 unspecified atom stereocenters. The highest BCUT2D eigenvalue weighted by Crippen LogP contribution is 2.22. The lowest BCUT2D eigenvalue weighted by molar-refractivity contribution is -0.122. The van der Waals surface area contributed by atoms with Crippen LogP contribution in [-0.4, -0.2) is 46.3 Å². The number of amides is 1. The molecular weight excluding hydrogens is 373 g/mol. The van der Waals surface area contributed by atoms with E-state index in [1.54, 1.807) is 4.90 Å². The Labute approximate surface area is 170 Å². The van der Waals surface area contributed by atoms with Gasteiger partial charge in [-0.25, -0.2) is 14.4 Å². The first-order valence-corrected chi connectivity index (χ1v) is 9.84. The summed E-state index contributed by atoms with van der Waals surface area (Å²) in [6.07, 6.45) is 1.94. The number of hydrogen-bond acceptors (Lipinski definition) is 5. The first-order valence-electron chi connectivity index (χ1n) is 9.84. The van der Waals surface area contributed by atoms with E-state index >= 15 is 0 Å². The Morgan fingerprint density at radius 2 is 1.66 bits per heavy atom. The molecule has 1 aliphatic rings. The second-order valence-electron chi connectivity index (χ2n) is 7.58. The maximum absolute atomic E-state index is 13.0. The zero-order valence-corrected chi connectivity index (χ0v) is 17.1. The Morgan fingerprint density at radius 3 is 2.24 bits per heavy atom. The van der Waals surface area contributed by atoms with Crippen LogP contribution in [0.3, 0.4) is 0 Å². The number of carbonyl (C=O) groups excluding carboxylic acids is 2. The molecule has 29 heavy (non-hydrogen) atoms. The van der Waals surface area contributed by atoms with E-state index in [9.17, 15) is 14.0 Å². The summed E-state index contributed by atoms with van der Waals surface area (Å²) in [6.45, 7) is 6.87. The van der Waals surface area contributed by atoms with Gasteiger partial charge in [0.15, 0.2) is 5.78 Å². The van der Waals surface area contributed by atoms with Crippen molar-refractivity contribution in [3.63, 3.8) is 0 Å². The van der Waals surface area contributed by atoms with Crippen LogP contribution < -0.4 is 4.74 Å². The smallest absolute Gasteiger partial charge is 0.317 e. The third-order valence-corrected chi connectivity index (χ3v) is 5.48. The standard InChI is InChI=1S/C22H26FN3O3/c1-14-15(2)24-22(25-16(14)3)29-13-20(27)12-17-8-10-26(11-9-17)21(28)18-4-6-19(23)7-5-18/h4-7,17H,8-13H2,1-3H3. The van der Waals surface area contributed by atoms with Crippen molar-refractivity contribution < 1.29 is 18.7 Å². The highest BCUT2D eigenvalue weighted by atomic mass is 19.1. The predicted molar refractivity (Wildman–Crippen MR) is 106 cm³/mol. The molecule has 7 heteroatoms. The van der Waals surface area contributed by atoms with Gasteiger partial charge in [0.2, 0.25) is 0 Å². The summed E-state index contributed by atoms with van der Waals surface area (Å²) in [6, 6.07) is 5.82. The van der Waals surface area contributed by atoms with Gasteiger partial charge in [-0.3, -0.25) is 9.59 Å². The van der Waals surface area contributed by atoms with Gasteiger partial charge in [-0.1, -0.05) is 0 Å². The van der Waals surface area contributed by atoms with Crippen molar-refractivity contribution in [3.8, 4) is 6.01 Å². The first-order chi connectivity index (χ1) is 13.8. The van der Waals surface area contributed by atoms with Gasteiger partial charge in [0.25, 0.3) is 5.91 Å². The van der Waals surface area contributed by atoms with Crippen LogP contribution in [0.25, 0.3) is 0 Å². The number of aryl methyl sites for hydroxylation is 2. The molecule has 1 aromatic carbocycles. The number of Topliss-reactive ketones (excluding diaryl/α,β-unsaturated/α-hetero) is 1. The molecule has 2 heterocycles. The van der Waals surface area contributed by atoms with Crippen molar-refractivity contribution in [1.82, 2.24) is 14.9 Å². The molecule has 1 amide bonds. The number of ether oxygens (including phenoxy) is 1. The second-order valence-corrected chi connectivity index (χ2v) is 7.58. The molecule has 0 N–H and O–H groups in total. The summed E-state index contributed by atoms with van der Waals surface area (Å²) in [7, 11) is 0. The molecule has 154 valence electrons. The lowest BCUT2D eigenvalue weighted by Gasteiger charge is -2.31. The predicted octanol–water partition coefficient (Wildman–Crippen LogP) is 3.43. The Bertz CT molecular complexity index is 868. The number of carbonyl (C=O) groups is 2. The normalized spacial score (nSPS) is 14.7. The van der Waals surface area contributed by atoms with Crippen molar-refractivity contribution in [2.45, 2.75) is 40.0 Å². The van der Waals surface area contributed by atoms with E-state index in [0.717, 1.165) is 29.8 Å². The minimum atomic E-state index is -0.359. The number of benzene rings is 1. The summed E-state index contributed by atoms with van der Waals surface area (Å²) in [4.78, 5) is 35.1. The fourth-order valence-electron chi connectivity index (χ4n) is 3.45. The van der Waals surface area contributed by atoms with E-state index in [-0.39, 0.29) is 36.0 Å². The third kappa shape index (κ3) is 5.37. The van der Waals surface area contributed by atoms with E-state index in [1.165, 1.54) is 24.3 Å². The number of halogens is 1. The Morgan fingerprint density at radius 1 is 1.07 bits per heavy atom. The number of ketones is 1. The Hall–Kier alpha value is -2.83. The molecule has 1 fully saturated rings. The molecule has 3 rings (SSSR count). The molecule has 0 spiro atoms. The lowest BCUT2D eigenvalue weighted by Crippen LogP contribution is -2.39. The van der Waals surface area contributed by atoms with Crippen molar-refractivity contribution in [1.29, 1.82) is 0 Å². The van der Waals surface area contributed by atoms with Crippen molar-refractivity contribution in [2.24, 2.45) is 5.92 Å². The molecule has 0 bridgehead atoms. The topological polar surface area (TPSA) is 72.4 Å². The summed E-state index contributed by atoms with van der Waals surface area (Å²) < 4.78 is 18.5. The van der Waals surface area contributed by atoms with Gasteiger partial charge in [0, 0.05) is 36.5 Å². The summed E-state index contributed by atoms with van der Waals surface area (Å²) in [5.41, 5.74) is 3.19. The fourth-order valence-corrected chi connectivity index (χ4v) is 3.45. The quantitative estimate of drug-likeness (QED) is 0.744. The summed E-state index contributed by atoms with van der Waals surface area (Å²) in [5, 5.41) is 0. The number of hydrogen-bond donors (Lipinski definition) is 0. The highest BCUT2D eigenvalue weighted by molar-refractivity contribution is 5.94. The molecule has 0 radical (unpaired) electrons. The molecule has 0 atom stereocenters. The van der Waals surface area contributed by atoms with Gasteiger partial charge in [0.05, 0.1) is 0 Å². The van der Waals surface area contributed by atoms with Gasteiger partial charge < -0.3 is 9.64 Å². The largest absolute Gasteiger partial charge is 0.455 e. The van der Waals surface area contributed by atoms with Crippen LogP contribution in [-0.2, 0) is 4.79 Å². The number of rotatable bonds is 6. The van der Waals surface area contributed by atoms with Crippen LogP contribution in [0.15, 0.2) is 24.3 Å². The average molecular weight is 399 g/mol. The van der Waals surface area contributed by atoms with Crippen LogP contribution in [0.1, 0.15) is 46.6 Å². The zero-order chi connectivity index (χ0) is 21.0. The molecular formula is C22H26FN3O3. The van der Waals surface area contributed by atoms with Gasteiger partial charge in [-0.05, 0) is 69.4 Å². The molecule has 1 aliphatic heterocycles. The van der Waals surface area contributed by atoms with E-state index < -0.39 is 0 Å². The van der Waals surface area contributed by atoms with E-state index in [1.807, 2.05) is 20.8 Å². The van der Waals surface area contributed by atoms with Gasteiger partial charge in [-0.2, -0.15) is 0 Å². The van der Waals surface area contributed by atoms with Crippen molar-refractivity contribution in [2.75, 3.05) is 19.7 Å². The monoisotopic (exact) mass is 399 g/mol. The maximum Gasteiger partial charge on any atom is 0.317 e. The van der Waals surface area contributed by atoms with Crippen LogP contribution in [0.4, 0.5) is 4.39 Å². The van der Waals surface area contributed by atoms with Gasteiger partial charge in [0.1, 0.15) is 12.4 Å². The number of nitrogens with zero attached hydrogens (tertiary/aromatic N) is 3.